The van der Waals surface area contributed by atoms with Crippen molar-refractivity contribution < 1.29 is 14.3 Å². The maximum atomic E-state index is 13.3. The van der Waals surface area contributed by atoms with E-state index < -0.39 is 11.5 Å². The van der Waals surface area contributed by atoms with Gasteiger partial charge in [-0.25, -0.2) is 4.39 Å². The highest BCUT2D eigenvalue weighted by Gasteiger charge is 2.38. The van der Waals surface area contributed by atoms with E-state index in [4.69, 9.17) is 5.73 Å². The topological polar surface area (TPSA) is 92.3 Å². The third-order valence-electron chi connectivity index (χ3n) is 4.43. The Bertz CT molecular complexity index is 773. The van der Waals surface area contributed by atoms with Crippen LogP contribution in [0.2, 0.25) is 0 Å². The number of anilines is 1. The third kappa shape index (κ3) is 3.07. The van der Waals surface area contributed by atoms with E-state index in [1.807, 2.05) is 17.9 Å². The van der Waals surface area contributed by atoms with Gasteiger partial charge in [-0.15, -0.1) is 10.2 Å². The minimum Gasteiger partial charge on any atom is -0.380 e. The molecule has 3 N–H and O–H groups in total. The lowest BCUT2D eigenvalue weighted by Gasteiger charge is -2.36. The Kier molecular flexibility index (Phi) is 4.19. The molecule has 0 atom stereocenters. The van der Waals surface area contributed by atoms with Gasteiger partial charge in [0.25, 0.3) is 0 Å². The lowest BCUT2D eigenvalue weighted by atomic mass is 9.90. The molecular weight excluding hydrogens is 311 g/mol. The van der Waals surface area contributed by atoms with Crippen LogP contribution in [0.15, 0.2) is 30.3 Å². The smallest absolute Gasteiger partial charge is 0.249 e. The van der Waals surface area contributed by atoms with Crippen molar-refractivity contribution in [3.05, 3.63) is 41.7 Å². The number of nitrogens with two attached hydrogens (primary N) is 1. The van der Waals surface area contributed by atoms with E-state index in [9.17, 15) is 14.3 Å². The van der Waals surface area contributed by atoms with Crippen LogP contribution >= 0.6 is 0 Å². The number of aromatic nitrogens is 2. The average Bonchev–Trinajstić information content (AvgIpc) is 2.56. The van der Waals surface area contributed by atoms with Crippen molar-refractivity contribution in [2.45, 2.75) is 25.4 Å². The van der Waals surface area contributed by atoms with E-state index in [1.165, 1.54) is 12.1 Å². The number of benzene rings is 1. The van der Waals surface area contributed by atoms with Crippen LogP contribution in [0.5, 0.6) is 0 Å². The van der Waals surface area contributed by atoms with Gasteiger partial charge in [0.05, 0.1) is 5.69 Å². The van der Waals surface area contributed by atoms with E-state index in [1.54, 1.807) is 12.1 Å². The highest BCUT2D eigenvalue weighted by Crippen LogP contribution is 2.28. The molecule has 2 aromatic rings. The Morgan fingerprint density at radius 2 is 2.00 bits per heavy atom. The van der Waals surface area contributed by atoms with Crippen molar-refractivity contribution in [1.29, 1.82) is 0 Å². The Morgan fingerprint density at radius 3 is 2.58 bits per heavy atom. The summed E-state index contributed by atoms with van der Waals surface area (Å²) in [5, 5.41) is 18.6. The van der Waals surface area contributed by atoms with E-state index in [2.05, 4.69) is 10.2 Å². The number of piperidine rings is 1. The van der Waals surface area contributed by atoms with Gasteiger partial charge in [0, 0.05) is 31.5 Å². The second kappa shape index (κ2) is 6.16. The van der Waals surface area contributed by atoms with Crippen LogP contribution in [0, 0.1) is 12.7 Å². The summed E-state index contributed by atoms with van der Waals surface area (Å²) in [5.74, 6) is -0.314. The van der Waals surface area contributed by atoms with Crippen LogP contribution in [0.3, 0.4) is 0 Å². The lowest BCUT2D eigenvalue weighted by Crippen LogP contribution is -2.52. The van der Waals surface area contributed by atoms with Crippen molar-refractivity contribution in [2.75, 3.05) is 18.0 Å². The Hall–Kier alpha value is -2.54. The summed E-state index contributed by atoms with van der Waals surface area (Å²) >= 11 is 0. The second-order valence-electron chi connectivity index (χ2n) is 6.13. The summed E-state index contributed by atoms with van der Waals surface area (Å²) < 4.78 is 13.3. The van der Waals surface area contributed by atoms with Gasteiger partial charge < -0.3 is 15.7 Å². The first-order chi connectivity index (χ1) is 11.4. The van der Waals surface area contributed by atoms with Gasteiger partial charge in [-0.05, 0) is 30.7 Å². The molecule has 0 radical (unpaired) electrons. The van der Waals surface area contributed by atoms with Gasteiger partial charge in [0.15, 0.2) is 5.82 Å². The van der Waals surface area contributed by atoms with Crippen LogP contribution in [0.25, 0.3) is 11.3 Å². The van der Waals surface area contributed by atoms with E-state index in [0.717, 1.165) is 5.56 Å². The molecule has 7 heteroatoms. The summed E-state index contributed by atoms with van der Waals surface area (Å²) in [5.41, 5.74) is 5.96. The predicted octanol–water partition coefficient (Wildman–Crippen LogP) is 1.41. The largest absolute Gasteiger partial charge is 0.380 e. The Labute approximate surface area is 139 Å². The molecule has 0 unspecified atom stereocenters. The molecule has 1 fully saturated rings. The molecule has 126 valence electrons. The summed E-state index contributed by atoms with van der Waals surface area (Å²) in [7, 11) is 0. The standard InChI is InChI=1S/C17H19FN4O2/c1-11-9-14(12-3-2-4-13(18)10-12)20-21-15(11)22-7-5-17(24,6-8-22)16(19)23/h2-4,9-10,24H,5-8H2,1H3,(H2,19,23). The number of primary amides is 1. The molecule has 0 spiro atoms. The molecule has 1 amide bonds. The van der Waals surface area contributed by atoms with E-state index in [-0.39, 0.29) is 18.7 Å². The van der Waals surface area contributed by atoms with Gasteiger partial charge in [0.2, 0.25) is 5.91 Å². The number of carbonyl (C=O) groups is 1. The number of hydrogen-bond donors (Lipinski definition) is 2. The van der Waals surface area contributed by atoms with Crippen molar-refractivity contribution in [2.24, 2.45) is 5.73 Å². The maximum absolute atomic E-state index is 13.3. The van der Waals surface area contributed by atoms with Gasteiger partial charge in [-0.1, -0.05) is 12.1 Å². The summed E-state index contributed by atoms with van der Waals surface area (Å²) in [6, 6.07) is 8.06. The number of aliphatic hydroxyl groups is 1. The first-order valence-corrected chi connectivity index (χ1v) is 7.76. The van der Waals surface area contributed by atoms with Crippen molar-refractivity contribution in [3.8, 4) is 11.3 Å². The normalized spacial score (nSPS) is 16.9. The number of rotatable bonds is 3. The summed E-state index contributed by atoms with van der Waals surface area (Å²) in [4.78, 5) is 13.3. The lowest BCUT2D eigenvalue weighted by molar-refractivity contribution is -0.138. The van der Waals surface area contributed by atoms with Gasteiger partial charge in [-0.3, -0.25) is 4.79 Å². The van der Waals surface area contributed by atoms with Crippen molar-refractivity contribution in [3.63, 3.8) is 0 Å². The molecular formula is C17H19FN4O2. The van der Waals surface area contributed by atoms with Crippen LogP contribution in [-0.4, -0.2) is 39.9 Å². The molecule has 1 aliphatic heterocycles. The molecule has 1 saturated heterocycles. The van der Waals surface area contributed by atoms with Crippen molar-refractivity contribution in [1.82, 2.24) is 10.2 Å². The Morgan fingerprint density at radius 1 is 1.29 bits per heavy atom. The van der Waals surface area contributed by atoms with Crippen LogP contribution in [-0.2, 0) is 4.79 Å². The SMILES string of the molecule is Cc1cc(-c2cccc(F)c2)nnc1N1CCC(O)(C(N)=O)CC1. The van der Waals surface area contributed by atoms with Gasteiger partial charge in [-0.2, -0.15) is 0 Å². The summed E-state index contributed by atoms with van der Waals surface area (Å²) in [6.45, 7) is 2.84. The minimum absolute atomic E-state index is 0.259. The highest BCUT2D eigenvalue weighted by atomic mass is 19.1. The molecule has 1 aromatic heterocycles. The molecule has 6 nitrogen and oxygen atoms in total. The van der Waals surface area contributed by atoms with Crippen LogP contribution < -0.4 is 10.6 Å². The van der Waals surface area contributed by atoms with Crippen LogP contribution in [0.4, 0.5) is 10.2 Å². The fourth-order valence-electron chi connectivity index (χ4n) is 2.91. The number of hydrogen-bond acceptors (Lipinski definition) is 5. The maximum Gasteiger partial charge on any atom is 0.249 e. The Balaban J connectivity index is 1.80. The molecule has 2 heterocycles. The third-order valence-corrected chi connectivity index (χ3v) is 4.43. The zero-order chi connectivity index (χ0) is 17.3. The van der Waals surface area contributed by atoms with E-state index in [0.29, 0.717) is 30.2 Å². The quantitative estimate of drug-likeness (QED) is 0.888. The fourth-order valence-corrected chi connectivity index (χ4v) is 2.91. The molecule has 24 heavy (non-hydrogen) atoms. The van der Waals surface area contributed by atoms with Gasteiger partial charge in [0.1, 0.15) is 11.4 Å². The number of carbonyl (C=O) groups excluding carboxylic acids is 1. The monoisotopic (exact) mass is 330 g/mol. The number of amides is 1. The molecule has 1 aliphatic rings. The number of aryl methyl sites for hydroxylation is 1. The first kappa shape index (κ1) is 16.3. The number of nitrogens with zero attached hydrogens (tertiary/aromatic N) is 3. The second-order valence-corrected chi connectivity index (χ2v) is 6.13. The zero-order valence-corrected chi connectivity index (χ0v) is 13.4. The van der Waals surface area contributed by atoms with Crippen LogP contribution in [0.1, 0.15) is 18.4 Å². The molecule has 0 aliphatic carbocycles. The minimum atomic E-state index is -1.45. The highest BCUT2D eigenvalue weighted by molar-refractivity contribution is 5.83. The van der Waals surface area contributed by atoms with Crippen molar-refractivity contribution >= 4 is 11.7 Å². The summed E-state index contributed by atoms with van der Waals surface area (Å²) in [6.07, 6.45) is 0.518. The van der Waals surface area contributed by atoms with Gasteiger partial charge >= 0.3 is 0 Å². The predicted molar refractivity (Wildman–Crippen MR) is 87.8 cm³/mol. The molecule has 0 saturated carbocycles. The molecule has 1 aromatic carbocycles. The molecule has 0 bridgehead atoms. The first-order valence-electron chi connectivity index (χ1n) is 7.76. The average molecular weight is 330 g/mol. The zero-order valence-electron chi connectivity index (χ0n) is 13.4. The van der Waals surface area contributed by atoms with E-state index >= 15 is 0 Å². The molecule has 3 rings (SSSR count). The number of halogens is 1. The fraction of sp³-hybridized carbons (Fsp3) is 0.353.